The number of rotatable bonds is 3. The minimum absolute atomic E-state index is 0.155. The van der Waals surface area contributed by atoms with Gasteiger partial charge in [0.15, 0.2) is 0 Å². The molecule has 0 aliphatic heterocycles. The number of hydrogen-bond donors (Lipinski definition) is 1. The van der Waals surface area contributed by atoms with Crippen LogP contribution in [0.1, 0.15) is 22.7 Å². The van der Waals surface area contributed by atoms with Crippen molar-refractivity contribution in [2.24, 2.45) is 0 Å². The van der Waals surface area contributed by atoms with E-state index in [1.54, 1.807) is 6.33 Å². The molecule has 0 radical (unpaired) electrons. The number of aryl methyl sites for hydroxylation is 1. The Bertz CT molecular complexity index is 454. The highest BCUT2D eigenvalue weighted by molar-refractivity contribution is 5.34. The van der Waals surface area contributed by atoms with Crippen molar-refractivity contribution < 1.29 is 0 Å². The van der Waals surface area contributed by atoms with E-state index in [0.717, 1.165) is 5.56 Å². The van der Waals surface area contributed by atoms with E-state index in [2.05, 4.69) is 40.4 Å². The fourth-order valence-electron chi connectivity index (χ4n) is 1.87. The molecule has 2 rings (SSSR count). The molecule has 1 atom stereocenters. The van der Waals surface area contributed by atoms with Gasteiger partial charge in [-0.1, -0.05) is 24.3 Å². The fraction of sp³-hybridized carbons (Fsp3) is 0.231. The predicted molar refractivity (Wildman–Crippen MR) is 64.1 cm³/mol. The zero-order valence-electron chi connectivity index (χ0n) is 9.51. The van der Waals surface area contributed by atoms with Gasteiger partial charge in [-0.25, -0.2) is 9.97 Å². The standard InChI is InChI=1S/C13H15N3/c1-10-5-3-4-6-12(10)13(14-2)11-7-15-9-16-8-11/h3-9,13-14H,1-2H3. The number of hydrogen-bond acceptors (Lipinski definition) is 3. The highest BCUT2D eigenvalue weighted by Crippen LogP contribution is 2.22. The fourth-order valence-corrected chi connectivity index (χ4v) is 1.87. The second-order valence-electron chi connectivity index (χ2n) is 3.75. The molecule has 0 fully saturated rings. The molecule has 0 bridgehead atoms. The molecule has 1 unspecified atom stereocenters. The van der Waals surface area contributed by atoms with Crippen LogP contribution in [-0.4, -0.2) is 17.0 Å². The van der Waals surface area contributed by atoms with E-state index in [1.807, 2.05) is 25.5 Å². The van der Waals surface area contributed by atoms with Crippen molar-refractivity contribution >= 4 is 0 Å². The van der Waals surface area contributed by atoms with Crippen molar-refractivity contribution in [2.75, 3.05) is 7.05 Å². The van der Waals surface area contributed by atoms with Crippen LogP contribution in [0.5, 0.6) is 0 Å². The summed E-state index contributed by atoms with van der Waals surface area (Å²) >= 11 is 0. The van der Waals surface area contributed by atoms with Crippen LogP contribution in [0.4, 0.5) is 0 Å². The van der Waals surface area contributed by atoms with Crippen LogP contribution in [0, 0.1) is 6.92 Å². The molecule has 1 heterocycles. The average Bonchev–Trinajstić information content (AvgIpc) is 2.34. The summed E-state index contributed by atoms with van der Waals surface area (Å²) in [6.45, 7) is 2.11. The Morgan fingerprint density at radius 1 is 1.12 bits per heavy atom. The van der Waals surface area contributed by atoms with Crippen molar-refractivity contribution in [3.05, 3.63) is 59.7 Å². The molecule has 1 N–H and O–H groups in total. The first-order valence-corrected chi connectivity index (χ1v) is 5.30. The maximum atomic E-state index is 4.06. The smallest absolute Gasteiger partial charge is 0.115 e. The third-order valence-electron chi connectivity index (χ3n) is 2.70. The van der Waals surface area contributed by atoms with E-state index < -0.39 is 0 Å². The first-order valence-electron chi connectivity index (χ1n) is 5.30. The van der Waals surface area contributed by atoms with Gasteiger partial charge in [0.25, 0.3) is 0 Å². The lowest BCUT2D eigenvalue weighted by Crippen LogP contribution is -2.18. The van der Waals surface area contributed by atoms with Crippen LogP contribution in [0.3, 0.4) is 0 Å². The molecule has 0 saturated heterocycles. The summed E-state index contributed by atoms with van der Waals surface area (Å²) in [5.74, 6) is 0. The van der Waals surface area contributed by atoms with Gasteiger partial charge < -0.3 is 5.32 Å². The Morgan fingerprint density at radius 2 is 1.81 bits per heavy atom. The van der Waals surface area contributed by atoms with Gasteiger partial charge in [-0.2, -0.15) is 0 Å². The number of nitrogens with zero attached hydrogens (tertiary/aromatic N) is 2. The number of nitrogens with one attached hydrogen (secondary N) is 1. The summed E-state index contributed by atoms with van der Waals surface area (Å²) < 4.78 is 0. The van der Waals surface area contributed by atoms with E-state index in [4.69, 9.17) is 0 Å². The Hall–Kier alpha value is -1.74. The SMILES string of the molecule is CNC(c1cncnc1)c1ccccc1C. The summed E-state index contributed by atoms with van der Waals surface area (Å²) in [7, 11) is 1.95. The van der Waals surface area contributed by atoms with E-state index in [0.29, 0.717) is 0 Å². The van der Waals surface area contributed by atoms with Crippen molar-refractivity contribution in [1.29, 1.82) is 0 Å². The zero-order valence-corrected chi connectivity index (χ0v) is 9.51. The lowest BCUT2D eigenvalue weighted by Gasteiger charge is -2.18. The molecule has 0 spiro atoms. The second kappa shape index (κ2) is 4.86. The maximum Gasteiger partial charge on any atom is 0.115 e. The van der Waals surface area contributed by atoms with Crippen LogP contribution in [0.25, 0.3) is 0 Å². The average molecular weight is 213 g/mol. The lowest BCUT2D eigenvalue weighted by atomic mass is 9.97. The summed E-state index contributed by atoms with van der Waals surface area (Å²) in [5, 5.41) is 3.30. The topological polar surface area (TPSA) is 37.8 Å². The minimum Gasteiger partial charge on any atom is -0.309 e. The van der Waals surface area contributed by atoms with Crippen LogP contribution in [0.15, 0.2) is 43.0 Å². The number of benzene rings is 1. The Morgan fingerprint density at radius 3 is 2.44 bits per heavy atom. The molecular weight excluding hydrogens is 198 g/mol. The van der Waals surface area contributed by atoms with Gasteiger partial charge in [0.2, 0.25) is 0 Å². The largest absolute Gasteiger partial charge is 0.309 e. The van der Waals surface area contributed by atoms with Gasteiger partial charge in [0, 0.05) is 18.0 Å². The van der Waals surface area contributed by atoms with Gasteiger partial charge in [-0.05, 0) is 25.1 Å². The third-order valence-corrected chi connectivity index (χ3v) is 2.70. The molecule has 0 amide bonds. The van der Waals surface area contributed by atoms with Crippen LogP contribution >= 0.6 is 0 Å². The molecule has 0 aliphatic rings. The zero-order chi connectivity index (χ0) is 11.4. The van der Waals surface area contributed by atoms with Gasteiger partial charge >= 0.3 is 0 Å². The summed E-state index contributed by atoms with van der Waals surface area (Å²) in [6, 6.07) is 8.50. The van der Waals surface area contributed by atoms with Crippen molar-refractivity contribution in [2.45, 2.75) is 13.0 Å². The summed E-state index contributed by atoms with van der Waals surface area (Å²) in [5.41, 5.74) is 3.62. The quantitative estimate of drug-likeness (QED) is 0.848. The molecule has 82 valence electrons. The first kappa shape index (κ1) is 10.8. The highest BCUT2D eigenvalue weighted by atomic mass is 14.9. The van der Waals surface area contributed by atoms with E-state index >= 15 is 0 Å². The van der Waals surface area contributed by atoms with Gasteiger partial charge in [-0.15, -0.1) is 0 Å². The van der Waals surface area contributed by atoms with Crippen molar-refractivity contribution in [1.82, 2.24) is 15.3 Å². The van der Waals surface area contributed by atoms with E-state index in [1.165, 1.54) is 11.1 Å². The summed E-state index contributed by atoms with van der Waals surface area (Å²) in [6.07, 6.45) is 5.25. The molecule has 0 aliphatic carbocycles. The normalized spacial score (nSPS) is 12.4. The first-order chi connectivity index (χ1) is 7.83. The molecule has 0 saturated carbocycles. The molecule has 3 nitrogen and oxygen atoms in total. The maximum absolute atomic E-state index is 4.06. The van der Waals surface area contributed by atoms with E-state index in [-0.39, 0.29) is 6.04 Å². The van der Waals surface area contributed by atoms with Crippen molar-refractivity contribution in [3.8, 4) is 0 Å². The molecule has 16 heavy (non-hydrogen) atoms. The minimum atomic E-state index is 0.155. The molecule has 2 aromatic rings. The Kier molecular flexibility index (Phi) is 3.27. The number of aromatic nitrogens is 2. The van der Waals surface area contributed by atoms with Gasteiger partial charge in [0.1, 0.15) is 6.33 Å². The monoisotopic (exact) mass is 213 g/mol. The summed E-state index contributed by atoms with van der Waals surface area (Å²) in [4.78, 5) is 8.12. The van der Waals surface area contributed by atoms with Crippen molar-refractivity contribution in [3.63, 3.8) is 0 Å². The Balaban J connectivity index is 2.41. The molecular formula is C13H15N3. The van der Waals surface area contributed by atoms with Crippen LogP contribution in [0.2, 0.25) is 0 Å². The van der Waals surface area contributed by atoms with Gasteiger partial charge in [0.05, 0.1) is 6.04 Å². The predicted octanol–water partition coefficient (Wildman–Crippen LogP) is 2.09. The van der Waals surface area contributed by atoms with Gasteiger partial charge in [-0.3, -0.25) is 0 Å². The Labute approximate surface area is 95.6 Å². The molecule has 1 aromatic heterocycles. The van der Waals surface area contributed by atoms with Crippen LogP contribution < -0.4 is 5.32 Å². The second-order valence-corrected chi connectivity index (χ2v) is 3.75. The molecule has 3 heteroatoms. The molecule has 1 aromatic carbocycles. The highest BCUT2D eigenvalue weighted by Gasteiger charge is 2.13. The lowest BCUT2D eigenvalue weighted by molar-refractivity contribution is 0.680. The third kappa shape index (κ3) is 2.09. The van der Waals surface area contributed by atoms with Crippen LogP contribution in [-0.2, 0) is 0 Å². The van der Waals surface area contributed by atoms with E-state index in [9.17, 15) is 0 Å².